The van der Waals surface area contributed by atoms with Crippen molar-refractivity contribution in [3.63, 3.8) is 0 Å². The maximum atomic E-state index is 15.9. The first kappa shape index (κ1) is 31.9. The highest BCUT2D eigenvalue weighted by molar-refractivity contribution is 5.95. The van der Waals surface area contributed by atoms with Gasteiger partial charge >= 0.3 is 5.97 Å². The van der Waals surface area contributed by atoms with E-state index in [0.29, 0.717) is 18.7 Å². The number of rotatable bonds is 8. The zero-order valence-electron chi connectivity index (χ0n) is 26.8. The molecule has 1 atom stereocenters. The van der Waals surface area contributed by atoms with Crippen LogP contribution in [-0.4, -0.2) is 46.5 Å². The molecule has 1 aliphatic carbocycles. The van der Waals surface area contributed by atoms with Crippen molar-refractivity contribution >= 4 is 22.8 Å². The Morgan fingerprint density at radius 2 is 1.78 bits per heavy atom. The van der Waals surface area contributed by atoms with Crippen molar-refractivity contribution in [2.24, 2.45) is 5.41 Å². The van der Waals surface area contributed by atoms with Crippen molar-refractivity contribution in [3.05, 3.63) is 118 Å². The van der Waals surface area contributed by atoms with E-state index in [1.54, 1.807) is 25.1 Å². The second-order valence-electron chi connectivity index (χ2n) is 12.7. The topological polar surface area (TPSA) is 97.5 Å². The fourth-order valence-electron chi connectivity index (χ4n) is 6.87. The molecule has 1 saturated heterocycles. The summed E-state index contributed by atoms with van der Waals surface area (Å²) in [6.07, 6.45) is 1.94. The molecule has 8 nitrogen and oxygen atoms in total. The van der Waals surface area contributed by atoms with Gasteiger partial charge in [0.15, 0.2) is 0 Å². The largest absolute Gasteiger partial charge is 0.473 e. The lowest BCUT2D eigenvalue weighted by molar-refractivity contribution is -0.128. The highest BCUT2D eigenvalue weighted by Crippen LogP contribution is 2.59. The number of hydrogen-bond acceptors (Lipinski definition) is 6. The molecule has 3 aromatic carbocycles. The lowest BCUT2D eigenvalue weighted by Gasteiger charge is -2.24. The first-order valence-electron chi connectivity index (χ1n) is 15.8. The van der Waals surface area contributed by atoms with Crippen LogP contribution in [0.1, 0.15) is 58.5 Å². The predicted molar refractivity (Wildman–Crippen MR) is 174 cm³/mol. The third-order valence-electron chi connectivity index (χ3n) is 9.66. The fraction of sp³-hybridized carbons (Fsp3) is 0.263. The van der Waals surface area contributed by atoms with Crippen molar-refractivity contribution in [1.29, 1.82) is 5.26 Å². The van der Waals surface area contributed by atoms with Crippen LogP contribution in [0.4, 0.5) is 13.2 Å². The standard InChI is InChI=1S/C38H31F3N4O4/c1-22(46)44-19-35(38(21-44)10-11-38)45-28(13-24-8-9-25(16-34(24)45)37(47)48-2)14-27-15-32(41)29(17-31(27)40)33-4-3-5-36(43-33)49-20-26-7-6-23(18-42)12-30(26)39/h3-9,12-13,15-17,35H,10-11,14,19-21H2,1-2H3/t35-/m0/s1. The number of fused-ring (bicyclic) bond motifs is 1. The van der Waals surface area contributed by atoms with Crippen LogP contribution in [0.5, 0.6) is 5.88 Å². The molecule has 2 aliphatic rings. The second-order valence-corrected chi connectivity index (χ2v) is 12.7. The lowest BCUT2D eigenvalue weighted by atomic mass is 9.99. The lowest BCUT2D eigenvalue weighted by Crippen LogP contribution is -2.26. The van der Waals surface area contributed by atoms with Gasteiger partial charge in [0.2, 0.25) is 11.8 Å². The molecule has 0 N–H and O–H groups in total. The Bertz CT molecular complexity index is 2190. The zero-order valence-corrected chi connectivity index (χ0v) is 26.8. The van der Waals surface area contributed by atoms with E-state index in [4.69, 9.17) is 14.7 Å². The molecule has 3 heterocycles. The van der Waals surface area contributed by atoms with Gasteiger partial charge in [-0.1, -0.05) is 18.2 Å². The van der Waals surface area contributed by atoms with E-state index in [1.807, 2.05) is 23.1 Å². The van der Waals surface area contributed by atoms with Gasteiger partial charge in [-0.05, 0) is 72.3 Å². The van der Waals surface area contributed by atoms with E-state index >= 15 is 8.78 Å². The quantitative estimate of drug-likeness (QED) is 0.164. The number of carbonyl (C=O) groups excluding carboxylic acids is 2. The SMILES string of the molecule is COC(=O)c1ccc2cc(Cc3cc(F)c(-c4cccc(OCc5ccc(C#N)cc5F)n4)cc3F)n([C@H]3CN(C(C)=O)CC34CC4)c2c1. The van der Waals surface area contributed by atoms with Gasteiger partial charge in [0.05, 0.1) is 36.0 Å². The number of likely N-dealkylation sites (tertiary alicyclic amines) is 1. The number of hydrogen-bond donors (Lipinski definition) is 0. The Hall–Kier alpha value is -5.63. The Morgan fingerprint density at radius 3 is 2.49 bits per heavy atom. The summed E-state index contributed by atoms with van der Waals surface area (Å²) < 4.78 is 58.7. The van der Waals surface area contributed by atoms with Gasteiger partial charge in [-0.15, -0.1) is 0 Å². The first-order chi connectivity index (χ1) is 23.6. The first-order valence-corrected chi connectivity index (χ1v) is 15.8. The Balaban J connectivity index is 1.20. The molecule has 5 aromatic rings. The van der Waals surface area contributed by atoms with Crippen LogP contribution in [-0.2, 0) is 22.6 Å². The van der Waals surface area contributed by atoms with Crippen LogP contribution in [0.3, 0.4) is 0 Å². The number of carbonyl (C=O) groups is 2. The normalized spacial score (nSPS) is 16.2. The number of ether oxygens (including phenoxy) is 2. The number of benzene rings is 3. The minimum Gasteiger partial charge on any atom is -0.473 e. The monoisotopic (exact) mass is 664 g/mol. The van der Waals surface area contributed by atoms with Crippen LogP contribution in [0.2, 0.25) is 0 Å². The molecule has 11 heteroatoms. The van der Waals surface area contributed by atoms with Crippen LogP contribution < -0.4 is 4.74 Å². The van der Waals surface area contributed by atoms with Crippen LogP contribution in [0.25, 0.3) is 22.2 Å². The van der Waals surface area contributed by atoms with Gasteiger partial charge in [-0.2, -0.15) is 5.26 Å². The maximum absolute atomic E-state index is 15.9. The van der Waals surface area contributed by atoms with Crippen LogP contribution >= 0.6 is 0 Å². The van der Waals surface area contributed by atoms with Crippen molar-refractivity contribution < 1.29 is 32.2 Å². The molecular formula is C38H31F3N4O4. The molecule has 1 saturated carbocycles. The van der Waals surface area contributed by atoms with E-state index in [-0.39, 0.29) is 64.2 Å². The number of nitriles is 1. The van der Waals surface area contributed by atoms with Crippen LogP contribution in [0, 0.1) is 34.2 Å². The van der Waals surface area contributed by atoms with E-state index in [9.17, 15) is 14.0 Å². The third-order valence-corrected chi connectivity index (χ3v) is 9.66. The van der Waals surface area contributed by atoms with E-state index < -0.39 is 23.4 Å². The molecule has 2 fully saturated rings. The van der Waals surface area contributed by atoms with Gasteiger partial charge in [-0.3, -0.25) is 4.79 Å². The van der Waals surface area contributed by atoms with Gasteiger partial charge < -0.3 is 18.9 Å². The maximum Gasteiger partial charge on any atom is 0.337 e. The van der Waals surface area contributed by atoms with E-state index in [1.165, 1.54) is 31.4 Å². The number of aromatic nitrogens is 2. The van der Waals surface area contributed by atoms with Crippen molar-refractivity contribution in [2.75, 3.05) is 20.2 Å². The molecule has 1 amide bonds. The van der Waals surface area contributed by atoms with E-state index in [2.05, 4.69) is 9.55 Å². The molecule has 0 unspecified atom stereocenters. The minimum absolute atomic E-state index is 0.0183. The minimum atomic E-state index is -0.683. The van der Waals surface area contributed by atoms with Crippen molar-refractivity contribution in [1.82, 2.24) is 14.5 Å². The summed E-state index contributed by atoms with van der Waals surface area (Å²) in [6, 6.07) is 19.9. The van der Waals surface area contributed by atoms with Crippen molar-refractivity contribution in [3.8, 4) is 23.2 Å². The molecule has 7 rings (SSSR count). The Morgan fingerprint density at radius 1 is 0.980 bits per heavy atom. The fourth-order valence-corrected chi connectivity index (χ4v) is 6.87. The second kappa shape index (κ2) is 12.4. The smallest absolute Gasteiger partial charge is 0.337 e. The average molecular weight is 665 g/mol. The summed E-state index contributed by atoms with van der Waals surface area (Å²) in [5.41, 5.74) is 2.34. The highest BCUT2D eigenvalue weighted by atomic mass is 19.1. The average Bonchev–Trinajstić information content (AvgIpc) is 3.65. The summed E-state index contributed by atoms with van der Waals surface area (Å²) in [7, 11) is 1.32. The zero-order chi connectivity index (χ0) is 34.4. The summed E-state index contributed by atoms with van der Waals surface area (Å²) >= 11 is 0. The van der Waals surface area contributed by atoms with Crippen LogP contribution in [0.15, 0.2) is 72.8 Å². The van der Waals surface area contributed by atoms with Gasteiger partial charge in [0.1, 0.15) is 24.1 Å². The van der Waals surface area contributed by atoms with E-state index in [0.717, 1.165) is 47.6 Å². The molecular weight excluding hydrogens is 633 g/mol. The summed E-state index contributed by atoms with van der Waals surface area (Å²) in [5, 5.41) is 9.79. The van der Waals surface area contributed by atoms with Gasteiger partial charge in [-0.25, -0.2) is 22.9 Å². The number of methoxy groups -OCH3 is 1. The molecule has 0 radical (unpaired) electrons. The number of amides is 1. The number of pyridine rings is 1. The Labute approximate surface area is 280 Å². The number of halogens is 3. The number of nitrogens with zero attached hydrogens (tertiary/aromatic N) is 4. The summed E-state index contributed by atoms with van der Waals surface area (Å²) in [5.74, 6) is -2.33. The molecule has 1 spiro atoms. The molecule has 248 valence electrons. The molecule has 2 aromatic heterocycles. The number of esters is 1. The summed E-state index contributed by atoms with van der Waals surface area (Å²) in [6.45, 7) is 2.48. The van der Waals surface area contributed by atoms with Gasteiger partial charge in [0.25, 0.3) is 0 Å². The highest BCUT2D eigenvalue weighted by Gasteiger charge is 2.56. The van der Waals surface area contributed by atoms with Gasteiger partial charge in [0, 0.05) is 60.3 Å². The van der Waals surface area contributed by atoms with Crippen molar-refractivity contribution in [2.45, 2.75) is 38.8 Å². The predicted octanol–water partition coefficient (Wildman–Crippen LogP) is 7.13. The molecule has 1 aliphatic heterocycles. The molecule has 49 heavy (non-hydrogen) atoms. The Kier molecular flexibility index (Phi) is 8.11. The third kappa shape index (κ3) is 5.99. The summed E-state index contributed by atoms with van der Waals surface area (Å²) in [4.78, 5) is 31.0. The molecule has 0 bridgehead atoms.